The van der Waals surface area contributed by atoms with Crippen molar-refractivity contribution in [3.05, 3.63) is 11.8 Å². The second-order valence-corrected chi connectivity index (χ2v) is 5.91. The van der Waals surface area contributed by atoms with Gasteiger partial charge in [-0.05, 0) is 50.5 Å². The van der Waals surface area contributed by atoms with Crippen molar-refractivity contribution in [2.75, 3.05) is 19.8 Å². The maximum Gasteiger partial charge on any atom is 0.0837 e. The molecule has 0 radical (unpaired) electrons. The van der Waals surface area contributed by atoms with Crippen LogP contribution in [0.5, 0.6) is 0 Å². The first-order chi connectivity index (χ1) is 9.21. The molecule has 4 unspecified atom stereocenters. The lowest BCUT2D eigenvalue weighted by Crippen LogP contribution is -2.50. The summed E-state index contributed by atoms with van der Waals surface area (Å²) in [6, 6.07) is 0.417. The number of rotatable bonds is 5. The van der Waals surface area contributed by atoms with E-state index in [2.05, 4.69) is 11.8 Å². The highest BCUT2D eigenvalue weighted by Crippen LogP contribution is 2.40. The largest absolute Gasteiger partial charge is 0.396 e. The first kappa shape index (κ1) is 14.8. The van der Waals surface area contributed by atoms with Crippen LogP contribution in [0.25, 0.3) is 0 Å². The molecule has 1 fully saturated rings. The normalized spacial score (nSPS) is 34.9. The fourth-order valence-corrected chi connectivity index (χ4v) is 3.79. The zero-order chi connectivity index (χ0) is 13.8. The van der Waals surface area contributed by atoms with E-state index in [0.29, 0.717) is 12.0 Å². The van der Waals surface area contributed by atoms with Gasteiger partial charge < -0.3 is 20.2 Å². The summed E-state index contributed by atoms with van der Waals surface area (Å²) >= 11 is 0. The quantitative estimate of drug-likeness (QED) is 0.700. The molecule has 0 spiro atoms. The van der Waals surface area contributed by atoms with E-state index in [9.17, 15) is 10.2 Å². The molecule has 4 nitrogen and oxygen atoms in total. The molecule has 0 aromatic carbocycles. The second-order valence-electron chi connectivity index (χ2n) is 5.91. The van der Waals surface area contributed by atoms with Crippen LogP contribution >= 0.6 is 0 Å². The molecular weight excluding hydrogens is 242 g/mol. The minimum Gasteiger partial charge on any atom is -0.396 e. The highest BCUT2D eigenvalue weighted by atomic mass is 16.3. The highest BCUT2D eigenvalue weighted by molar-refractivity contribution is 5.17. The van der Waals surface area contributed by atoms with Crippen molar-refractivity contribution < 1.29 is 15.3 Å². The van der Waals surface area contributed by atoms with E-state index in [1.54, 1.807) is 0 Å². The number of fused-ring (bicyclic) bond motifs is 1. The Bertz CT molecular complexity index is 319. The lowest BCUT2D eigenvalue weighted by Gasteiger charge is -2.47. The summed E-state index contributed by atoms with van der Waals surface area (Å²) in [5, 5.41) is 28.7. The molecule has 1 aliphatic heterocycles. The van der Waals surface area contributed by atoms with E-state index in [1.807, 2.05) is 6.20 Å². The van der Waals surface area contributed by atoms with Crippen molar-refractivity contribution in [1.29, 1.82) is 0 Å². The molecular formula is C15H27NO3. The fraction of sp³-hybridized carbons (Fsp3) is 0.867. The minimum atomic E-state index is -0.491. The molecule has 4 heteroatoms. The maximum absolute atomic E-state index is 10.4. The predicted octanol–water partition coefficient (Wildman–Crippen LogP) is 1.12. The van der Waals surface area contributed by atoms with Crippen molar-refractivity contribution in [2.24, 2.45) is 11.8 Å². The molecule has 110 valence electrons. The molecule has 2 rings (SSSR count). The van der Waals surface area contributed by atoms with E-state index in [-0.39, 0.29) is 19.1 Å². The molecule has 0 aromatic heterocycles. The lowest BCUT2D eigenvalue weighted by atomic mass is 9.70. The first-order valence-electron chi connectivity index (χ1n) is 7.57. The Balaban J connectivity index is 2.07. The number of aliphatic hydroxyl groups excluding tert-OH is 3. The van der Waals surface area contributed by atoms with Gasteiger partial charge in [-0.1, -0.05) is 0 Å². The van der Waals surface area contributed by atoms with Gasteiger partial charge in [0.15, 0.2) is 0 Å². The second kappa shape index (κ2) is 6.73. The van der Waals surface area contributed by atoms with Gasteiger partial charge >= 0.3 is 0 Å². The average Bonchev–Trinajstić information content (AvgIpc) is 2.45. The fourth-order valence-electron chi connectivity index (χ4n) is 3.79. The zero-order valence-electron chi connectivity index (χ0n) is 11.8. The number of hydrogen-bond acceptors (Lipinski definition) is 4. The van der Waals surface area contributed by atoms with Crippen LogP contribution in [0.3, 0.4) is 0 Å². The maximum atomic E-state index is 10.4. The van der Waals surface area contributed by atoms with Crippen LogP contribution in [0.4, 0.5) is 0 Å². The van der Waals surface area contributed by atoms with Crippen molar-refractivity contribution in [3.63, 3.8) is 0 Å². The Morgan fingerprint density at radius 3 is 2.74 bits per heavy atom. The molecule has 1 saturated carbocycles. The molecule has 0 saturated heterocycles. The summed E-state index contributed by atoms with van der Waals surface area (Å²) < 4.78 is 0. The van der Waals surface area contributed by atoms with Gasteiger partial charge in [0, 0.05) is 31.3 Å². The minimum absolute atomic E-state index is 0.0534. The Hall–Kier alpha value is -0.580. The van der Waals surface area contributed by atoms with E-state index in [1.165, 1.54) is 6.42 Å². The molecule has 0 amide bonds. The van der Waals surface area contributed by atoms with Crippen molar-refractivity contribution in [1.82, 2.24) is 4.90 Å². The van der Waals surface area contributed by atoms with Crippen molar-refractivity contribution in [2.45, 2.75) is 51.2 Å². The van der Waals surface area contributed by atoms with Gasteiger partial charge in [-0.25, -0.2) is 0 Å². The van der Waals surface area contributed by atoms with Gasteiger partial charge in [0.1, 0.15) is 0 Å². The molecule has 0 bridgehead atoms. The third kappa shape index (κ3) is 3.12. The standard InChI is InChI=1S/C15H27NO3/c1-2-16-9-12(10-18)15(19)13-8-11(4-3-7-17)5-6-14(13)16/h9,11,13-15,17-19H,2-8,10H2,1H3. The monoisotopic (exact) mass is 269 g/mol. The summed E-state index contributed by atoms with van der Waals surface area (Å²) in [6.45, 7) is 3.26. The first-order valence-corrected chi connectivity index (χ1v) is 7.57. The van der Waals surface area contributed by atoms with Crippen LogP contribution in [-0.2, 0) is 0 Å². The molecule has 1 heterocycles. The van der Waals surface area contributed by atoms with Gasteiger partial charge in [-0.3, -0.25) is 0 Å². The summed E-state index contributed by atoms with van der Waals surface area (Å²) in [6.07, 6.45) is 6.69. The number of aliphatic hydroxyl groups is 3. The Kier molecular flexibility index (Phi) is 5.25. The van der Waals surface area contributed by atoms with E-state index in [0.717, 1.165) is 37.8 Å². The molecule has 0 aromatic rings. The topological polar surface area (TPSA) is 63.9 Å². The van der Waals surface area contributed by atoms with E-state index in [4.69, 9.17) is 5.11 Å². The van der Waals surface area contributed by atoms with Gasteiger partial charge in [0.2, 0.25) is 0 Å². The van der Waals surface area contributed by atoms with Crippen LogP contribution in [0.15, 0.2) is 11.8 Å². The summed E-state index contributed by atoms with van der Waals surface area (Å²) in [7, 11) is 0. The van der Waals surface area contributed by atoms with E-state index < -0.39 is 6.10 Å². The SMILES string of the molecule is CCN1C=C(CO)C(O)C2CC(CCCO)CCC21. The predicted molar refractivity (Wildman–Crippen MR) is 74.5 cm³/mol. The van der Waals surface area contributed by atoms with Gasteiger partial charge in [0.05, 0.1) is 12.7 Å². The molecule has 19 heavy (non-hydrogen) atoms. The highest BCUT2D eigenvalue weighted by Gasteiger charge is 2.40. The van der Waals surface area contributed by atoms with Crippen molar-refractivity contribution >= 4 is 0 Å². The lowest BCUT2D eigenvalue weighted by molar-refractivity contribution is 0.00752. The van der Waals surface area contributed by atoms with Gasteiger partial charge in [0.25, 0.3) is 0 Å². The summed E-state index contributed by atoms with van der Waals surface area (Å²) in [5.41, 5.74) is 0.755. The molecule has 1 aliphatic carbocycles. The van der Waals surface area contributed by atoms with Crippen LogP contribution in [-0.4, -0.2) is 52.1 Å². The average molecular weight is 269 g/mol. The Morgan fingerprint density at radius 2 is 2.11 bits per heavy atom. The number of hydrogen-bond donors (Lipinski definition) is 3. The van der Waals surface area contributed by atoms with Gasteiger partial charge in [-0.2, -0.15) is 0 Å². The van der Waals surface area contributed by atoms with Crippen LogP contribution < -0.4 is 0 Å². The van der Waals surface area contributed by atoms with Gasteiger partial charge in [-0.15, -0.1) is 0 Å². The summed E-state index contributed by atoms with van der Waals surface area (Å²) in [4.78, 5) is 2.28. The molecule has 4 atom stereocenters. The van der Waals surface area contributed by atoms with Crippen LogP contribution in [0.1, 0.15) is 39.0 Å². The number of nitrogens with zero attached hydrogens (tertiary/aromatic N) is 1. The molecule has 3 N–H and O–H groups in total. The zero-order valence-corrected chi connectivity index (χ0v) is 11.8. The third-order valence-corrected chi connectivity index (χ3v) is 4.83. The molecule has 2 aliphatic rings. The smallest absolute Gasteiger partial charge is 0.0837 e. The Morgan fingerprint density at radius 1 is 1.32 bits per heavy atom. The Labute approximate surface area is 115 Å². The van der Waals surface area contributed by atoms with Crippen molar-refractivity contribution in [3.8, 4) is 0 Å². The van der Waals surface area contributed by atoms with Crippen LogP contribution in [0, 0.1) is 11.8 Å². The summed E-state index contributed by atoms with van der Waals surface area (Å²) in [5.74, 6) is 0.851. The third-order valence-electron chi connectivity index (χ3n) is 4.83. The van der Waals surface area contributed by atoms with E-state index >= 15 is 0 Å². The van der Waals surface area contributed by atoms with Crippen LogP contribution in [0.2, 0.25) is 0 Å².